The molecule has 0 saturated heterocycles. The van der Waals surface area contributed by atoms with Crippen molar-refractivity contribution in [2.24, 2.45) is 0 Å². The van der Waals surface area contributed by atoms with E-state index in [1.54, 1.807) is 30.8 Å². The number of benzene rings is 2. The van der Waals surface area contributed by atoms with Crippen molar-refractivity contribution in [3.63, 3.8) is 0 Å². The van der Waals surface area contributed by atoms with Crippen LogP contribution in [0.25, 0.3) is 0 Å². The number of aryl methyl sites for hydroxylation is 1. The summed E-state index contributed by atoms with van der Waals surface area (Å²) in [6, 6.07) is 13.2. The van der Waals surface area contributed by atoms with Crippen molar-refractivity contribution >= 4 is 23.4 Å². The molecule has 3 rings (SSSR count). The number of nitrogens with one attached hydrogen (secondary N) is 1. The number of hydrogen-bond donors (Lipinski definition) is 1. The zero-order valence-corrected chi connectivity index (χ0v) is 15.9. The third kappa shape index (κ3) is 4.91. The lowest BCUT2D eigenvalue weighted by Crippen LogP contribution is -2.29. The molecule has 0 bridgehead atoms. The van der Waals surface area contributed by atoms with E-state index in [0.717, 1.165) is 5.75 Å². The van der Waals surface area contributed by atoms with Gasteiger partial charge in [-0.3, -0.25) is 4.79 Å². The predicted molar refractivity (Wildman–Crippen MR) is 104 cm³/mol. The fourth-order valence-electron chi connectivity index (χ4n) is 2.78. The second kappa shape index (κ2) is 8.77. The Labute approximate surface area is 161 Å². The molecule has 1 N–H and O–H groups in total. The number of halogens is 1. The first-order chi connectivity index (χ1) is 13.1. The van der Waals surface area contributed by atoms with Gasteiger partial charge >= 0.3 is 0 Å². The van der Waals surface area contributed by atoms with Crippen LogP contribution in [0.3, 0.4) is 0 Å². The van der Waals surface area contributed by atoms with E-state index in [9.17, 15) is 9.18 Å². The summed E-state index contributed by atoms with van der Waals surface area (Å²) in [5, 5.41) is 14.3. The molecule has 0 saturated carbocycles. The van der Waals surface area contributed by atoms with Crippen molar-refractivity contribution in [1.82, 2.24) is 20.2 Å². The fraction of sp³-hybridized carbons (Fsp3) is 0.263. The van der Waals surface area contributed by atoms with Gasteiger partial charge in [0.1, 0.15) is 17.7 Å². The van der Waals surface area contributed by atoms with Crippen LogP contribution >= 0.6 is 11.8 Å². The molecule has 0 aliphatic rings. The number of anilines is 1. The minimum atomic E-state index is -0.687. The largest absolute Gasteiger partial charge is 0.324 e. The van der Waals surface area contributed by atoms with Crippen molar-refractivity contribution in [2.75, 3.05) is 11.6 Å². The SMILES string of the molecule is CSCc1ccc(NC(=O)C(Cc2cccc(F)c2)n2nnnc2C)cc1. The Morgan fingerprint density at radius 2 is 2.00 bits per heavy atom. The van der Waals surface area contributed by atoms with Crippen LogP contribution in [0.5, 0.6) is 0 Å². The molecule has 6 nitrogen and oxygen atoms in total. The molecule has 0 radical (unpaired) electrons. The third-order valence-corrected chi connectivity index (χ3v) is 4.73. The number of aromatic nitrogens is 4. The lowest BCUT2D eigenvalue weighted by molar-refractivity contribution is -0.119. The van der Waals surface area contributed by atoms with E-state index < -0.39 is 6.04 Å². The maximum absolute atomic E-state index is 13.5. The van der Waals surface area contributed by atoms with E-state index in [1.807, 2.05) is 30.5 Å². The summed E-state index contributed by atoms with van der Waals surface area (Å²) in [4.78, 5) is 12.9. The van der Waals surface area contributed by atoms with Crippen LogP contribution < -0.4 is 5.32 Å². The molecule has 1 atom stereocenters. The number of tetrazole rings is 1. The first-order valence-corrected chi connectivity index (χ1v) is 9.84. The molecule has 27 heavy (non-hydrogen) atoms. The molecule has 1 amide bonds. The highest BCUT2D eigenvalue weighted by molar-refractivity contribution is 7.97. The molecule has 1 unspecified atom stereocenters. The normalized spacial score (nSPS) is 12.0. The van der Waals surface area contributed by atoms with Gasteiger partial charge in [0.15, 0.2) is 0 Å². The first-order valence-electron chi connectivity index (χ1n) is 8.44. The van der Waals surface area contributed by atoms with Crippen LogP contribution in [-0.2, 0) is 17.0 Å². The van der Waals surface area contributed by atoms with Gasteiger partial charge in [-0.25, -0.2) is 9.07 Å². The zero-order valence-electron chi connectivity index (χ0n) is 15.1. The van der Waals surface area contributed by atoms with Crippen LogP contribution in [0.4, 0.5) is 10.1 Å². The van der Waals surface area contributed by atoms with E-state index in [2.05, 4.69) is 20.8 Å². The highest BCUT2D eigenvalue weighted by Gasteiger charge is 2.24. The van der Waals surface area contributed by atoms with Crippen LogP contribution in [0.1, 0.15) is 23.0 Å². The smallest absolute Gasteiger partial charge is 0.249 e. The van der Waals surface area contributed by atoms with Crippen LogP contribution in [0.2, 0.25) is 0 Å². The van der Waals surface area contributed by atoms with E-state index in [-0.39, 0.29) is 18.1 Å². The Hall–Kier alpha value is -2.74. The molecule has 0 aliphatic heterocycles. The first kappa shape index (κ1) is 19.0. The van der Waals surface area contributed by atoms with Crippen molar-refractivity contribution in [2.45, 2.75) is 25.1 Å². The zero-order chi connectivity index (χ0) is 19.2. The van der Waals surface area contributed by atoms with E-state index in [0.29, 0.717) is 17.1 Å². The number of hydrogen-bond acceptors (Lipinski definition) is 5. The van der Waals surface area contributed by atoms with Gasteiger partial charge in [0.25, 0.3) is 0 Å². The van der Waals surface area contributed by atoms with Gasteiger partial charge in [-0.1, -0.05) is 24.3 Å². The summed E-state index contributed by atoms with van der Waals surface area (Å²) < 4.78 is 15.0. The average molecular weight is 385 g/mol. The van der Waals surface area contributed by atoms with Gasteiger partial charge in [0.2, 0.25) is 5.91 Å². The summed E-state index contributed by atoms with van der Waals surface area (Å²) in [6.07, 6.45) is 2.32. The van der Waals surface area contributed by atoms with Gasteiger partial charge in [-0.05, 0) is 59.0 Å². The number of thioether (sulfide) groups is 1. The lowest BCUT2D eigenvalue weighted by atomic mass is 10.0. The molecular weight excluding hydrogens is 365 g/mol. The van der Waals surface area contributed by atoms with Crippen LogP contribution in [0, 0.1) is 12.7 Å². The van der Waals surface area contributed by atoms with Crippen molar-refractivity contribution in [3.05, 3.63) is 71.3 Å². The van der Waals surface area contributed by atoms with Gasteiger partial charge < -0.3 is 5.32 Å². The third-order valence-electron chi connectivity index (χ3n) is 4.11. The maximum Gasteiger partial charge on any atom is 0.249 e. The number of rotatable bonds is 7. The summed E-state index contributed by atoms with van der Waals surface area (Å²) in [7, 11) is 0. The molecule has 8 heteroatoms. The molecule has 1 heterocycles. The summed E-state index contributed by atoms with van der Waals surface area (Å²) >= 11 is 1.74. The molecule has 140 valence electrons. The average Bonchev–Trinajstić information content (AvgIpc) is 3.07. The van der Waals surface area contributed by atoms with Crippen molar-refractivity contribution in [1.29, 1.82) is 0 Å². The van der Waals surface area contributed by atoms with Crippen molar-refractivity contribution in [3.8, 4) is 0 Å². The molecule has 3 aromatic rings. The molecule has 2 aromatic carbocycles. The quantitative estimate of drug-likeness (QED) is 0.675. The summed E-state index contributed by atoms with van der Waals surface area (Å²) in [5.74, 6) is 0.832. The van der Waals surface area contributed by atoms with Gasteiger partial charge in [0, 0.05) is 17.9 Å². The maximum atomic E-state index is 13.5. The highest BCUT2D eigenvalue weighted by Crippen LogP contribution is 2.19. The standard InChI is InChI=1S/C19H20FN5OS/c1-13-22-23-24-25(13)18(11-15-4-3-5-16(20)10-15)19(26)21-17-8-6-14(7-9-17)12-27-2/h3-10,18H,11-12H2,1-2H3,(H,21,26). The Morgan fingerprint density at radius 3 is 2.63 bits per heavy atom. The minimum Gasteiger partial charge on any atom is -0.324 e. The molecule has 0 aliphatic carbocycles. The summed E-state index contributed by atoms with van der Waals surface area (Å²) in [5.41, 5.74) is 2.58. The number of carbonyl (C=O) groups excluding carboxylic acids is 1. The Morgan fingerprint density at radius 1 is 1.22 bits per heavy atom. The lowest BCUT2D eigenvalue weighted by Gasteiger charge is -2.18. The fourth-order valence-corrected chi connectivity index (χ4v) is 3.31. The minimum absolute atomic E-state index is 0.257. The van der Waals surface area contributed by atoms with Crippen LogP contribution in [-0.4, -0.2) is 32.4 Å². The second-order valence-electron chi connectivity index (χ2n) is 6.14. The molecular formula is C19H20FN5OS. The number of carbonyl (C=O) groups is 1. The Kier molecular flexibility index (Phi) is 6.18. The van der Waals surface area contributed by atoms with Crippen molar-refractivity contribution < 1.29 is 9.18 Å². The molecule has 0 fully saturated rings. The number of amides is 1. The van der Waals surface area contributed by atoms with Gasteiger partial charge in [-0.15, -0.1) is 5.10 Å². The Bertz CT molecular complexity index is 912. The van der Waals surface area contributed by atoms with Gasteiger partial charge in [0.05, 0.1) is 0 Å². The summed E-state index contributed by atoms with van der Waals surface area (Å²) in [6.45, 7) is 1.73. The van der Waals surface area contributed by atoms with Crippen LogP contribution in [0.15, 0.2) is 48.5 Å². The number of nitrogens with zero attached hydrogens (tertiary/aromatic N) is 4. The monoisotopic (exact) mass is 385 g/mol. The highest BCUT2D eigenvalue weighted by atomic mass is 32.2. The topological polar surface area (TPSA) is 72.7 Å². The van der Waals surface area contributed by atoms with E-state index in [1.165, 1.54) is 22.4 Å². The molecule has 0 spiro atoms. The second-order valence-corrected chi connectivity index (χ2v) is 7.01. The van der Waals surface area contributed by atoms with Gasteiger partial charge in [-0.2, -0.15) is 11.8 Å². The molecule has 1 aromatic heterocycles. The van der Waals surface area contributed by atoms with E-state index in [4.69, 9.17) is 0 Å². The Balaban J connectivity index is 1.81. The van der Waals surface area contributed by atoms with E-state index >= 15 is 0 Å². The predicted octanol–water partition coefficient (Wildman–Crippen LogP) is 3.41.